The van der Waals surface area contributed by atoms with Crippen molar-refractivity contribution in [3.8, 4) is 11.8 Å². The van der Waals surface area contributed by atoms with Crippen molar-refractivity contribution in [1.29, 1.82) is 0 Å². The normalized spacial score (nSPS) is 18.0. The molecule has 0 aromatic carbocycles. The molecule has 0 aliphatic carbocycles. The molecular formula is C16H19N3O3. The first-order valence-corrected chi connectivity index (χ1v) is 7.25. The lowest BCUT2D eigenvalue weighted by Crippen LogP contribution is -2.45. The Hall–Kier alpha value is -2.34. The molecule has 1 aliphatic rings. The topological polar surface area (TPSA) is 56.7 Å². The lowest BCUT2D eigenvalue weighted by Gasteiger charge is -2.34. The molecule has 1 unspecified atom stereocenters. The third-order valence-corrected chi connectivity index (χ3v) is 3.47. The Labute approximate surface area is 129 Å². The molecule has 1 aliphatic heterocycles. The molecule has 1 fully saturated rings. The van der Waals surface area contributed by atoms with Gasteiger partial charge in [-0.2, -0.15) is 4.98 Å². The Morgan fingerprint density at radius 1 is 1.27 bits per heavy atom. The summed E-state index contributed by atoms with van der Waals surface area (Å²) in [5.74, 6) is 1.08. The second-order valence-electron chi connectivity index (χ2n) is 4.98. The summed E-state index contributed by atoms with van der Waals surface area (Å²) < 4.78 is 16.6. The van der Waals surface area contributed by atoms with Crippen molar-refractivity contribution in [2.24, 2.45) is 0 Å². The van der Waals surface area contributed by atoms with Crippen LogP contribution in [0, 0.1) is 0 Å². The molecule has 116 valence electrons. The number of rotatable bonds is 5. The van der Waals surface area contributed by atoms with Crippen LogP contribution in [-0.2, 0) is 4.74 Å². The summed E-state index contributed by atoms with van der Waals surface area (Å²) in [5, 5.41) is 0. The minimum absolute atomic E-state index is 0.00181. The predicted octanol–water partition coefficient (Wildman–Crippen LogP) is 1.77. The van der Waals surface area contributed by atoms with Gasteiger partial charge in [0.15, 0.2) is 0 Å². The summed E-state index contributed by atoms with van der Waals surface area (Å²) in [5.41, 5.74) is 1.11. The SMILES string of the molecule is COc1cccc(OCC2CN(c3cccnc3)CCO2)n1. The van der Waals surface area contributed by atoms with Crippen LogP contribution in [0.1, 0.15) is 0 Å². The lowest BCUT2D eigenvalue weighted by molar-refractivity contribution is 0.00912. The molecule has 6 heteroatoms. The molecular weight excluding hydrogens is 282 g/mol. The molecule has 1 atom stereocenters. The van der Waals surface area contributed by atoms with Gasteiger partial charge in [-0.15, -0.1) is 0 Å². The maximum absolute atomic E-state index is 5.76. The van der Waals surface area contributed by atoms with E-state index in [4.69, 9.17) is 14.2 Å². The van der Waals surface area contributed by atoms with Gasteiger partial charge in [0.05, 0.1) is 25.6 Å². The highest BCUT2D eigenvalue weighted by Gasteiger charge is 2.21. The van der Waals surface area contributed by atoms with E-state index < -0.39 is 0 Å². The van der Waals surface area contributed by atoms with E-state index in [9.17, 15) is 0 Å². The van der Waals surface area contributed by atoms with Crippen LogP contribution >= 0.6 is 0 Å². The molecule has 0 spiro atoms. The van der Waals surface area contributed by atoms with E-state index in [2.05, 4.69) is 20.9 Å². The van der Waals surface area contributed by atoms with E-state index in [1.165, 1.54) is 0 Å². The Balaban J connectivity index is 1.56. The monoisotopic (exact) mass is 301 g/mol. The number of aromatic nitrogens is 2. The summed E-state index contributed by atoms with van der Waals surface area (Å²) in [7, 11) is 1.59. The van der Waals surface area contributed by atoms with Gasteiger partial charge in [-0.25, -0.2) is 0 Å². The quantitative estimate of drug-likeness (QED) is 0.839. The zero-order chi connectivity index (χ0) is 15.2. The number of hydrogen-bond donors (Lipinski definition) is 0. The molecule has 1 saturated heterocycles. The molecule has 3 rings (SSSR count). The third kappa shape index (κ3) is 3.65. The Bertz CT molecular complexity index is 594. The van der Waals surface area contributed by atoms with E-state index in [-0.39, 0.29) is 6.10 Å². The minimum Gasteiger partial charge on any atom is -0.481 e. The Morgan fingerprint density at radius 3 is 3.00 bits per heavy atom. The first kappa shape index (κ1) is 14.6. The summed E-state index contributed by atoms with van der Waals surface area (Å²) in [6.45, 7) is 2.76. The summed E-state index contributed by atoms with van der Waals surface area (Å²) in [6, 6.07) is 9.44. The smallest absolute Gasteiger partial charge is 0.216 e. The van der Waals surface area contributed by atoms with E-state index >= 15 is 0 Å². The lowest BCUT2D eigenvalue weighted by atomic mass is 10.2. The van der Waals surface area contributed by atoms with Crippen LogP contribution in [0.25, 0.3) is 0 Å². The molecule has 0 saturated carbocycles. The fourth-order valence-electron chi connectivity index (χ4n) is 2.36. The summed E-state index contributed by atoms with van der Waals surface area (Å²) in [4.78, 5) is 10.6. The van der Waals surface area contributed by atoms with Crippen LogP contribution in [0.2, 0.25) is 0 Å². The van der Waals surface area contributed by atoms with Crippen LogP contribution in [0.4, 0.5) is 5.69 Å². The molecule has 22 heavy (non-hydrogen) atoms. The van der Waals surface area contributed by atoms with Crippen LogP contribution < -0.4 is 14.4 Å². The number of pyridine rings is 2. The van der Waals surface area contributed by atoms with Gasteiger partial charge in [0.25, 0.3) is 0 Å². The Morgan fingerprint density at radius 2 is 2.18 bits per heavy atom. The van der Waals surface area contributed by atoms with E-state index in [0.29, 0.717) is 25.0 Å². The fraction of sp³-hybridized carbons (Fsp3) is 0.375. The number of nitrogens with zero attached hydrogens (tertiary/aromatic N) is 3. The predicted molar refractivity (Wildman–Crippen MR) is 82.5 cm³/mol. The van der Waals surface area contributed by atoms with Crippen LogP contribution in [0.5, 0.6) is 11.8 Å². The second-order valence-corrected chi connectivity index (χ2v) is 4.98. The summed E-state index contributed by atoms with van der Waals surface area (Å²) >= 11 is 0. The number of morpholine rings is 1. The van der Waals surface area contributed by atoms with Crippen LogP contribution in [0.3, 0.4) is 0 Å². The number of ether oxygens (including phenoxy) is 3. The standard InChI is InChI=1S/C16H19N3O3/c1-20-15-5-2-6-16(18-15)22-12-14-11-19(8-9-21-14)13-4-3-7-17-10-13/h2-7,10,14H,8-9,11-12H2,1H3. The minimum atomic E-state index is 0.00181. The van der Waals surface area contributed by atoms with Crippen molar-refractivity contribution in [2.45, 2.75) is 6.10 Å². The van der Waals surface area contributed by atoms with Crippen molar-refractivity contribution in [3.05, 3.63) is 42.7 Å². The van der Waals surface area contributed by atoms with Gasteiger partial charge in [-0.1, -0.05) is 6.07 Å². The van der Waals surface area contributed by atoms with Crippen LogP contribution in [0.15, 0.2) is 42.7 Å². The highest BCUT2D eigenvalue weighted by molar-refractivity contribution is 5.44. The van der Waals surface area contributed by atoms with Crippen molar-refractivity contribution in [1.82, 2.24) is 9.97 Å². The fourth-order valence-corrected chi connectivity index (χ4v) is 2.36. The third-order valence-electron chi connectivity index (χ3n) is 3.47. The van der Waals surface area contributed by atoms with Gasteiger partial charge in [-0.05, 0) is 12.1 Å². The number of hydrogen-bond acceptors (Lipinski definition) is 6. The van der Waals surface area contributed by atoms with E-state index in [0.717, 1.165) is 18.8 Å². The van der Waals surface area contributed by atoms with Crippen molar-refractivity contribution >= 4 is 5.69 Å². The van der Waals surface area contributed by atoms with Crippen molar-refractivity contribution < 1.29 is 14.2 Å². The molecule has 0 radical (unpaired) electrons. The first-order chi connectivity index (χ1) is 10.8. The van der Waals surface area contributed by atoms with Gasteiger partial charge in [-0.3, -0.25) is 4.98 Å². The zero-order valence-corrected chi connectivity index (χ0v) is 12.5. The highest BCUT2D eigenvalue weighted by Crippen LogP contribution is 2.17. The highest BCUT2D eigenvalue weighted by atomic mass is 16.5. The zero-order valence-electron chi connectivity index (χ0n) is 12.5. The molecule has 2 aromatic rings. The maximum Gasteiger partial charge on any atom is 0.216 e. The van der Waals surface area contributed by atoms with Crippen LogP contribution in [-0.4, -0.2) is 49.5 Å². The van der Waals surface area contributed by atoms with Gasteiger partial charge < -0.3 is 19.1 Å². The molecule has 0 N–H and O–H groups in total. The molecule has 3 heterocycles. The molecule has 0 amide bonds. The maximum atomic E-state index is 5.76. The van der Waals surface area contributed by atoms with Crippen molar-refractivity contribution in [3.63, 3.8) is 0 Å². The average Bonchev–Trinajstić information content (AvgIpc) is 2.61. The number of methoxy groups -OCH3 is 1. The summed E-state index contributed by atoms with van der Waals surface area (Å²) in [6.07, 6.45) is 3.65. The van der Waals surface area contributed by atoms with Gasteiger partial charge in [0.1, 0.15) is 12.7 Å². The Kier molecular flexibility index (Phi) is 4.70. The number of anilines is 1. The van der Waals surface area contributed by atoms with Gasteiger partial charge in [0, 0.05) is 31.4 Å². The van der Waals surface area contributed by atoms with E-state index in [1.54, 1.807) is 19.4 Å². The molecule has 6 nitrogen and oxygen atoms in total. The van der Waals surface area contributed by atoms with Gasteiger partial charge in [0.2, 0.25) is 11.8 Å². The largest absolute Gasteiger partial charge is 0.481 e. The van der Waals surface area contributed by atoms with E-state index in [1.807, 2.05) is 24.4 Å². The second kappa shape index (κ2) is 7.09. The average molecular weight is 301 g/mol. The first-order valence-electron chi connectivity index (χ1n) is 7.25. The van der Waals surface area contributed by atoms with Crippen molar-refractivity contribution in [2.75, 3.05) is 38.3 Å². The van der Waals surface area contributed by atoms with Gasteiger partial charge >= 0.3 is 0 Å². The molecule has 0 bridgehead atoms. The molecule has 2 aromatic heterocycles.